The Morgan fingerprint density at radius 1 is 1.40 bits per heavy atom. The molecular formula is C9H19N3O2S. The summed E-state index contributed by atoms with van der Waals surface area (Å²) in [5, 5.41) is 3.40. The highest BCUT2D eigenvalue weighted by molar-refractivity contribution is 7.92. The summed E-state index contributed by atoms with van der Waals surface area (Å²) in [6.07, 6.45) is 1.58. The lowest BCUT2D eigenvalue weighted by atomic mass is 10.1. The minimum atomic E-state index is -2.66. The molecular weight excluding hydrogens is 214 g/mol. The number of likely N-dealkylation sites (tertiary alicyclic amines) is 1. The SMILES string of the molecule is NCCN1CCC1NCC1CS(=O)(=O)C1. The average molecular weight is 233 g/mol. The second kappa shape index (κ2) is 4.37. The van der Waals surface area contributed by atoms with Crippen molar-refractivity contribution in [3.63, 3.8) is 0 Å². The van der Waals surface area contributed by atoms with E-state index in [1.54, 1.807) is 0 Å². The lowest BCUT2D eigenvalue weighted by Gasteiger charge is -2.42. The second-order valence-corrected chi connectivity index (χ2v) is 6.63. The van der Waals surface area contributed by atoms with E-state index in [2.05, 4.69) is 10.2 Å². The van der Waals surface area contributed by atoms with Crippen LogP contribution in [0, 0.1) is 5.92 Å². The third-order valence-electron chi connectivity index (χ3n) is 3.17. The molecule has 1 atom stereocenters. The van der Waals surface area contributed by atoms with Crippen LogP contribution in [0.25, 0.3) is 0 Å². The molecule has 0 spiro atoms. The van der Waals surface area contributed by atoms with E-state index in [1.165, 1.54) is 0 Å². The molecule has 0 aromatic heterocycles. The van der Waals surface area contributed by atoms with E-state index < -0.39 is 9.84 Å². The molecule has 5 nitrogen and oxygen atoms in total. The summed E-state index contributed by atoms with van der Waals surface area (Å²) < 4.78 is 21.9. The van der Waals surface area contributed by atoms with Crippen molar-refractivity contribution in [2.45, 2.75) is 12.6 Å². The summed E-state index contributed by atoms with van der Waals surface area (Å²) in [6.45, 7) is 3.55. The number of rotatable bonds is 5. The van der Waals surface area contributed by atoms with Gasteiger partial charge in [-0.3, -0.25) is 4.90 Å². The number of nitrogens with zero attached hydrogens (tertiary/aromatic N) is 1. The Balaban J connectivity index is 1.63. The molecule has 6 heteroatoms. The minimum Gasteiger partial charge on any atom is -0.329 e. The van der Waals surface area contributed by atoms with Crippen LogP contribution in [0.3, 0.4) is 0 Å². The molecule has 88 valence electrons. The summed E-state index contributed by atoms with van der Waals surface area (Å²) in [6, 6.07) is 0. The van der Waals surface area contributed by atoms with Gasteiger partial charge in [-0.15, -0.1) is 0 Å². The Morgan fingerprint density at radius 3 is 2.60 bits per heavy atom. The van der Waals surface area contributed by atoms with E-state index in [-0.39, 0.29) is 0 Å². The summed E-state index contributed by atoms with van der Waals surface area (Å²) in [4.78, 5) is 2.30. The first-order chi connectivity index (χ1) is 7.11. The average Bonchev–Trinajstić information content (AvgIpc) is 2.09. The van der Waals surface area contributed by atoms with Gasteiger partial charge in [-0.05, 0) is 12.3 Å². The van der Waals surface area contributed by atoms with Gasteiger partial charge in [-0.1, -0.05) is 0 Å². The van der Waals surface area contributed by atoms with Gasteiger partial charge < -0.3 is 11.1 Å². The van der Waals surface area contributed by atoms with Gasteiger partial charge in [0.1, 0.15) is 0 Å². The molecule has 0 aromatic carbocycles. The molecule has 2 fully saturated rings. The lowest BCUT2D eigenvalue weighted by Crippen LogP contribution is -2.59. The summed E-state index contributed by atoms with van der Waals surface area (Å²) in [5.41, 5.74) is 5.48. The van der Waals surface area contributed by atoms with Crippen LogP contribution in [0.1, 0.15) is 6.42 Å². The first kappa shape index (κ1) is 11.3. The number of nitrogens with two attached hydrogens (primary N) is 1. The molecule has 0 aromatic rings. The molecule has 1 unspecified atom stereocenters. The van der Waals surface area contributed by atoms with Crippen LogP contribution in [-0.4, -0.2) is 57.2 Å². The van der Waals surface area contributed by atoms with Crippen molar-refractivity contribution in [3.8, 4) is 0 Å². The number of hydrogen-bond acceptors (Lipinski definition) is 5. The van der Waals surface area contributed by atoms with E-state index in [4.69, 9.17) is 5.73 Å². The Kier molecular flexibility index (Phi) is 3.30. The largest absolute Gasteiger partial charge is 0.329 e. The number of sulfone groups is 1. The standard InChI is InChI=1S/C9H19N3O2S/c10-2-4-12-3-1-9(12)11-5-8-6-15(13,14)7-8/h8-9,11H,1-7,10H2. The number of nitrogens with one attached hydrogen (secondary N) is 1. The van der Waals surface area contributed by atoms with Crippen LogP contribution in [0.5, 0.6) is 0 Å². The third kappa shape index (κ3) is 2.69. The highest BCUT2D eigenvalue weighted by atomic mass is 32.2. The monoisotopic (exact) mass is 233 g/mol. The first-order valence-electron chi connectivity index (χ1n) is 5.48. The quantitative estimate of drug-likeness (QED) is 0.611. The van der Waals surface area contributed by atoms with Gasteiger partial charge in [0.05, 0.1) is 17.7 Å². The first-order valence-corrected chi connectivity index (χ1v) is 7.31. The summed E-state index contributed by atoms with van der Waals surface area (Å²) in [5.74, 6) is 1.06. The maximum Gasteiger partial charge on any atom is 0.151 e. The van der Waals surface area contributed by atoms with Gasteiger partial charge >= 0.3 is 0 Å². The van der Waals surface area contributed by atoms with Crippen LogP contribution in [0.2, 0.25) is 0 Å². The summed E-state index contributed by atoms with van der Waals surface area (Å²) >= 11 is 0. The molecule has 0 amide bonds. The highest BCUT2D eigenvalue weighted by Gasteiger charge is 2.34. The van der Waals surface area contributed by atoms with Crippen LogP contribution in [-0.2, 0) is 9.84 Å². The predicted octanol–water partition coefficient (Wildman–Crippen LogP) is -1.39. The van der Waals surface area contributed by atoms with Crippen molar-refractivity contribution in [3.05, 3.63) is 0 Å². The van der Waals surface area contributed by atoms with Gasteiger partial charge in [0.25, 0.3) is 0 Å². The smallest absolute Gasteiger partial charge is 0.151 e. The topological polar surface area (TPSA) is 75.4 Å². The molecule has 2 heterocycles. The lowest BCUT2D eigenvalue weighted by molar-refractivity contribution is 0.0654. The molecule has 0 radical (unpaired) electrons. The van der Waals surface area contributed by atoms with Gasteiger partial charge in [0, 0.05) is 26.2 Å². The fourth-order valence-corrected chi connectivity index (χ4v) is 3.77. The van der Waals surface area contributed by atoms with E-state index >= 15 is 0 Å². The summed E-state index contributed by atoms with van der Waals surface area (Å²) in [7, 11) is -2.66. The maximum atomic E-state index is 10.9. The van der Waals surface area contributed by atoms with Gasteiger partial charge in [0.2, 0.25) is 0 Å². The van der Waals surface area contributed by atoms with Crippen LogP contribution in [0.15, 0.2) is 0 Å². The molecule has 0 aliphatic carbocycles. The highest BCUT2D eigenvalue weighted by Crippen LogP contribution is 2.19. The zero-order valence-electron chi connectivity index (χ0n) is 8.85. The molecule has 3 N–H and O–H groups in total. The Bertz CT molecular complexity index is 305. The van der Waals surface area contributed by atoms with E-state index in [0.717, 1.165) is 26.1 Å². The Hall–Kier alpha value is -0.170. The fraction of sp³-hybridized carbons (Fsp3) is 1.00. The molecule has 0 bridgehead atoms. The fourth-order valence-electron chi connectivity index (χ4n) is 2.20. The van der Waals surface area contributed by atoms with Crippen molar-refractivity contribution in [1.29, 1.82) is 0 Å². The van der Waals surface area contributed by atoms with Crippen molar-refractivity contribution in [2.75, 3.05) is 37.7 Å². The molecule has 0 saturated carbocycles. The van der Waals surface area contributed by atoms with E-state index in [1.807, 2.05) is 0 Å². The van der Waals surface area contributed by atoms with Crippen LogP contribution >= 0.6 is 0 Å². The Labute approximate surface area is 90.9 Å². The molecule has 15 heavy (non-hydrogen) atoms. The zero-order chi connectivity index (χ0) is 10.9. The molecule has 2 saturated heterocycles. The van der Waals surface area contributed by atoms with Crippen LogP contribution in [0.4, 0.5) is 0 Å². The maximum absolute atomic E-state index is 10.9. The molecule has 2 rings (SSSR count). The molecule has 2 aliphatic rings. The van der Waals surface area contributed by atoms with Crippen molar-refractivity contribution < 1.29 is 8.42 Å². The normalized spacial score (nSPS) is 30.9. The predicted molar refractivity (Wildman–Crippen MR) is 59.2 cm³/mol. The van der Waals surface area contributed by atoms with Crippen LogP contribution < -0.4 is 11.1 Å². The van der Waals surface area contributed by atoms with E-state index in [9.17, 15) is 8.42 Å². The number of hydrogen-bond donors (Lipinski definition) is 2. The Morgan fingerprint density at radius 2 is 2.13 bits per heavy atom. The van der Waals surface area contributed by atoms with Crippen molar-refractivity contribution in [2.24, 2.45) is 11.7 Å². The second-order valence-electron chi connectivity index (χ2n) is 4.48. The van der Waals surface area contributed by atoms with Gasteiger partial charge in [-0.25, -0.2) is 8.42 Å². The third-order valence-corrected chi connectivity index (χ3v) is 5.13. The van der Waals surface area contributed by atoms with Gasteiger partial charge in [0.15, 0.2) is 9.84 Å². The van der Waals surface area contributed by atoms with Crippen molar-refractivity contribution >= 4 is 9.84 Å². The zero-order valence-corrected chi connectivity index (χ0v) is 9.67. The minimum absolute atomic E-state index is 0.329. The van der Waals surface area contributed by atoms with E-state index in [0.29, 0.717) is 30.1 Å². The van der Waals surface area contributed by atoms with Gasteiger partial charge in [-0.2, -0.15) is 0 Å². The molecule has 2 aliphatic heterocycles. The van der Waals surface area contributed by atoms with Crippen molar-refractivity contribution in [1.82, 2.24) is 10.2 Å².